The predicted molar refractivity (Wildman–Crippen MR) is 196 cm³/mol. The van der Waals surface area contributed by atoms with Crippen LogP contribution >= 0.6 is 11.3 Å². The number of hydrogen-bond donors (Lipinski definition) is 5. The molecule has 2 aliphatic rings. The highest BCUT2D eigenvalue weighted by molar-refractivity contribution is 7.09. The van der Waals surface area contributed by atoms with E-state index in [1.54, 1.807) is 42.8 Å². The molecule has 0 saturated heterocycles. The Bertz CT molecular complexity index is 1870. The fraction of sp³-hybridized carbons (Fsp3) is 0.405. The van der Waals surface area contributed by atoms with Crippen LogP contribution in [0.3, 0.4) is 0 Å². The normalized spacial score (nSPS) is 19.6. The first kappa shape index (κ1) is 38.0. The second-order valence-electron chi connectivity index (χ2n) is 12.9. The number of para-hydroxylation sites is 1. The Hall–Kier alpha value is -5.28. The summed E-state index contributed by atoms with van der Waals surface area (Å²) < 4.78 is 11.1. The lowest BCUT2D eigenvalue weighted by molar-refractivity contribution is -0.141. The maximum Gasteiger partial charge on any atom is 0.271 e. The molecule has 2 aliphatic heterocycles. The standard InChI is InChI=1S/C37H45N7O7S/c1-22(2)33-36(48)38-13-15-51-26-11-9-24(10-12-26)17-29(41-35(47)31-21-52-23(3)40-31)34(46)42-30(18-25-19-39-28-8-6-5-7-27(25)28)37(49)44(14-16-50-4)20-32(45)43-33/h5-12,19,21-22,29-30,33,39H,13-18,20H2,1-4H3,(H,38,48)(H,41,47)(H,42,46)(H,43,45)/t29-,30-,33-/m0/s1. The topological polar surface area (TPSA) is 184 Å². The van der Waals surface area contributed by atoms with Crippen LogP contribution in [-0.2, 0) is 36.8 Å². The van der Waals surface area contributed by atoms with Crippen LogP contribution in [0.5, 0.6) is 5.75 Å². The van der Waals surface area contributed by atoms with E-state index in [2.05, 4.69) is 31.2 Å². The van der Waals surface area contributed by atoms with Gasteiger partial charge in [0, 0.05) is 49.0 Å². The molecule has 2 aromatic heterocycles. The molecule has 2 bridgehead atoms. The van der Waals surface area contributed by atoms with Crippen molar-refractivity contribution in [3.05, 3.63) is 81.9 Å². The van der Waals surface area contributed by atoms with Gasteiger partial charge in [-0.3, -0.25) is 24.0 Å². The van der Waals surface area contributed by atoms with E-state index in [1.807, 2.05) is 38.1 Å². The Morgan fingerprint density at radius 1 is 1.08 bits per heavy atom. The third-order valence-electron chi connectivity index (χ3n) is 8.70. The number of hydrogen-bond acceptors (Lipinski definition) is 9. The van der Waals surface area contributed by atoms with E-state index in [-0.39, 0.29) is 56.7 Å². The number of ether oxygens (including phenoxy) is 2. The summed E-state index contributed by atoms with van der Waals surface area (Å²) >= 11 is 1.32. The van der Waals surface area contributed by atoms with Crippen molar-refractivity contribution in [2.45, 2.75) is 51.7 Å². The lowest BCUT2D eigenvalue weighted by atomic mass is 10.0. The number of thiazole rings is 1. The van der Waals surface area contributed by atoms with Crippen molar-refractivity contribution in [3.63, 3.8) is 0 Å². The van der Waals surface area contributed by atoms with Gasteiger partial charge in [-0.15, -0.1) is 11.3 Å². The van der Waals surface area contributed by atoms with E-state index in [0.717, 1.165) is 22.0 Å². The average Bonchev–Trinajstić information content (AvgIpc) is 3.76. The number of nitrogens with zero attached hydrogens (tertiary/aromatic N) is 2. The quantitative estimate of drug-likeness (QED) is 0.171. The van der Waals surface area contributed by atoms with Crippen molar-refractivity contribution in [1.29, 1.82) is 0 Å². The zero-order chi connectivity index (χ0) is 37.2. The highest BCUT2D eigenvalue weighted by atomic mass is 32.1. The molecule has 0 saturated carbocycles. The molecular weight excluding hydrogens is 687 g/mol. The Kier molecular flexibility index (Phi) is 13.0. The first-order valence-electron chi connectivity index (χ1n) is 17.2. The van der Waals surface area contributed by atoms with E-state index in [0.29, 0.717) is 10.8 Å². The third kappa shape index (κ3) is 9.94. The number of aromatic amines is 1. The lowest BCUT2D eigenvalue weighted by Gasteiger charge is -2.30. The summed E-state index contributed by atoms with van der Waals surface area (Å²) in [7, 11) is 1.48. The number of carbonyl (C=O) groups excluding carboxylic acids is 5. The minimum absolute atomic E-state index is 0.0363. The van der Waals surface area contributed by atoms with Crippen molar-refractivity contribution in [3.8, 4) is 5.75 Å². The molecule has 0 fully saturated rings. The van der Waals surface area contributed by atoms with Gasteiger partial charge in [0.05, 0.1) is 24.7 Å². The Balaban J connectivity index is 1.52. The van der Waals surface area contributed by atoms with Gasteiger partial charge in [-0.05, 0) is 42.2 Å². The number of H-pyrrole nitrogens is 1. The summed E-state index contributed by atoms with van der Waals surface area (Å²) in [6.07, 6.45) is 1.96. The molecule has 4 heterocycles. The minimum Gasteiger partial charge on any atom is -0.492 e. The molecule has 5 amide bonds. The molecule has 3 atom stereocenters. The molecule has 5 N–H and O–H groups in total. The maximum atomic E-state index is 14.5. The predicted octanol–water partition coefficient (Wildman–Crippen LogP) is 2.13. The summed E-state index contributed by atoms with van der Waals surface area (Å²) in [4.78, 5) is 77.5. The highest BCUT2D eigenvalue weighted by Gasteiger charge is 2.33. The zero-order valence-electron chi connectivity index (χ0n) is 29.7. The first-order valence-corrected chi connectivity index (χ1v) is 18.0. The van der Waals surface area contributed by atoms with Crippen LogP contribution in [0, 0.1) is 12.8 Å². The molecule has 4 aromatic rings. The number of amides is 5. The smallest absolute Gasteiger partial charge is 0.271 e. The number of aryl methyl sites for hydroxylation is 1. The number of carbonyl (C=O) groups is 5. The van der Waals surface area contributed by atoms with Crippen LogP contribution in [-0.4, -0.2) is 102 Å². The van der Waals surface area contributed by atoms with Crippen molar-refractivity contribution in [1.82, 2.24) is 36.1 Å². The Morgan fingerprint density at radius 2 is 1.85 bits per heavy atom. The van der Waals surface area contributed by atoms with Gasteiger partial charge in [0.1, 0.15) is 36.2 Å². The Labute approximate surface area is 306 Å². The van der Waals surface area contributed by atoms with E-state index in [9.17, 15) is 24.0 Å². The molecular formula is C37H45N7O7S. The van der Waals surface area contributed by atoms with Crippen molar-refractivity contribution in [2.24, 2.45) is 5.92 Å². The summed E-state index contributed by atoms with van der Waals surface area (Å²) in [6.45, 7) is 5.53. The lowest BCUT2D eigenvalue weighted by Crippen LogP contribution is -2.58. The van der Waals surface area contributed by atoms with Gasteiger partial charge in [-0.1, -0.05) is 44.2 Å². The summed E-state index contributed by atoms with van der Waals surface area (Å²) in [6, 6.07) is 11.5. The number of nitrogens with one attached hydrogen (secondary N) is 5. The SMILES string of the molecule is COCCN1CC(=O)N[C@@H](C(C)C)C(=O)NCCOc2ccc(cc2)C[C@H](NC(=O)c2csc(C)n2)C(=O)N[C@@H](Cc2c[nH]c3ccccc23)C1=O. The molecule has 276 valence electrons. The molecule has 2 aromatic carbocycles. The largest absolute Gasteiger partial charge is 0.492 e. The molecule has 52 heavy (non-hydrogen) atoms. The number of fused-ring (bicyclic) bond motifs is 18. The van der Waals surface area contributed by atoms with Crippen LogP contribution in [0.2, 0.25) is 0 Å². The fourth-order valence-corrected chi connectivity index (χ4v) is 6.52. The monoisotopic (exact) mass is 731 g/mol. The second kappa shape index (κ2) is 17.8. The second-order valence-corrected chi connectivity index (χ2v) is 14.0. The summed E-state index contributed by atoms with van der Waals surface area (Å²) in [5.41, 5.74) is 2.53. The zero-order valence-corrected chi connectivity index (χ0v) is 30.5. The molecule has 0 radical (unpaired) electrons. The van der Waals surface area contributed by atoms with Crippen LogP contribution in [0.25, 0.3) is 10.9 Å². The van der Waals surface area contributed by atoms with Gasteiger partial charge in [-0.2, -0.15) is 0 Å². The average molecular weight is 732 g/mol. The van der Waals surface area contributed by atoms with Crippen LogP contribution in [0.15, 0.2) is 60.1 Å². The van der Waals surface area contributed by atoms with Crippen LogP contribution < -0.4 is 26.0 Å². The molecule has 0 spiro atoms. The number of rotatable bonds is 8. The van der Waals surface area contributed by atoms with Gasteiger partial charge in [-0.25, -0.2) is 4.98 Å². The minimum atomic E-state index is -1.15. The van der Waals surface area contributed by atoms with Gasteiger partial charge in [0.25, 0.3) is 5.91 Å². The van der Waals surface area contributed by atoms with Crippen molar-refractivity contribution in [2.75, 3.05) is 40.0 Å². The number of methoxy groups -OCH3 is 1. The van der Waals surface area contributed by atoms with E-state index in [1.165, 1.54) is 23.3 Å². The fourth-order valence-electron chi connectivity index (χ4n) is 5.93. The highest BCUT2D eigenvalue weighted by Crippen LogP contribution is 2.21. The molecule has 14 nitrogen and oxygen atoms in total. The van der Waals surface area contributed by atoms with Gasteiger partial charge in [0.15, 0.2) is 0 Å². The molecule has 0 aliphatic carbocycles. The molecule has 6 rings (SSSR count). The van der Waals surface area contributed by atoms with E-state index in [4.69, 9.17) is 9.47 Å². The van der Waals surface area contributed by atoms with Crippen molar-refractivity contribution >= 4 is 51.8 Å². The van der Waals surface area contributed by atoms with Crippen molar-refractivity contribution < 1.29 is 33.4 Å². The molecule has 15 heteroatoms. The number of benzene rings is 2. The van der Waals surface area contributed by atoms with Gasteiger partial charge < -0.3 is 40.6 Å². The summed E-state index contributed by atoms with van der Waals surface area (Å²) in [5, 5.41) is 14.5. The van der Waals surface area contributed by atoms with Gasteiger partial charge >= 0.3 is 0 Å². The third-order valence-corrected chi connectivity index (χ3v) is 9.47. The van der Waals surface area contributed by atoms with E-state index < -0.39 is 48.3 Å². The maximum absolute atomic E-state index is 14.5. The first-order chi connectivity index (χ1) is 25.0. The summed E-state index contributed by atoms with van der Waals surface area (Å²) in [5.74, 6) is -2.30. The number of aromatic nitrogens is 2. The van der Waals surface area contributed by atoms with E-state index >= 15 is 0 Å². The van der Waals surface area contributed by atoms with Gasteiger partial charge in [0.2, 0.25) is 23.6 Å². The van der Waals surface area contributed by atoms with Crippen LogP contribution in [0.1, 0.15) is 40.5 Å². The Morgan fingerprint density at radius 3 is 2.56 bits per heavy atom. The molecule has 0 unspecified atom stereocenters. The van der Waals surface area contributed by atoms with Crippen LogP contribution in [0.4, 0.5) is 0 Å².